The van der Waals surface area contributed by atoms with E-state index >= 15 is 0 Å². The molecule has 2 rings (SSSR count). The first-order valence-electron chi connectivity index (χ1n) is 7.63. The van der Waals surface area contributed by atoms with Gasteiger partial charge >= 0.3 is 0 Å². The molecule has 19 heavy (non-hydrogen) atoms. The van der Waals surface area contributed by atoms with E-state index in [2.05, 4.69) is 10.2 Å². The van der Waals surface area contributed by atoms with Gasteiger partial charge in [-0.05, 0) is 26.7 Å². The monoisotopic (exact) mass is 288 g/mol. The van der Waals surface area contributed by atoms with Crippen LogP contribution in [0, 0.1) is 0 Å². The van der Waals surface area contributed by atoms with E-state index in [0.29, 0.717) is 12.3 Å². The number of nitrogens with zero attached hydrogens (tertiary/aromatic N) is 1. The van der Waals surface area contributed by atoms with Crippen LogP contribution >= 0.6 is 0 Å². The maximum absolute atomic E-state index is 11.9. The molecule has 2 fully saturated rings. The maximum Gasteiger partial charge on any atom is 0.153 e. The molecule has 5 heteroatoms. The zero-order chi connectivity index (χ0) is 13.9. The average molecular weight is 288 g/mol. The molecule has 0 bridgehead atoms. The second-order valence-electron chi connectivity index (χ2n) is 6.46. The van der Waals surface area contributed by atoms with Crippen molar-refractivity contribution in [2.24, 2.45) is 0 Å². The van der Waals surface area contributed by atoms with Crippen molar-refractivity contribution in [2.45, 2.75) is 56.7 Å². The smallest absolute Gasteiger partial charge is 0.153 e. The van der Waals surface area contributed by atoms with E-state index in [0.717, 1.165) is 19.6 Å². The summed E-state index contributed by atoms with van der Waals surface area (Å²) in [6.07, 6.45) is 6.47. The SMILES string of the molecule is CC(C)S(=O)(=O)CCN1CCNC2(CCCCC2)C1. The summed E-state index contributed by atoms with van der Waals surface area (Å²) >= 11 is 0. The van der Waals surface area contributed by atoms with E-state index in [1.165, 1.54) is 32.1 Å². The highest BCUT2D eigenvalue weighted by atomic mass is 32.2. The van der Waals surface area contributed by atoms with Crippen molar-refractivity contribution in [3.63, 3.8) is 0 Å². The minimum Gasteiger partial charge on any atom is -0.309 e. The second kappa shape index (κ2) is 6.10. The lowest BCUT2D eigenvalue weighted by molar-refractivity contribution is 0.104. The number of nitrogens with one attached hydrogen (secondary N) is 1. The van der Waals surface area contributed by atoms with E-state index in [4.69, 9.17) is 0 Å². The third-order valence-corrected chi connectivity index (χ3v) is 6.86. The summed E-state index contributed by atoms with van der Waals surface area (Å²) in [5.41, 5.74) is 0.276. The topological polar surface area (TPSA) is 49.4 Å². The van der Waals surface area contributed by atoms with Gasteiger partial charge in [-0.15, -0.1) is 0 Å². The quantitative estimate of drug-likeness (QED) is 0.850. The summed E-state index contributed by atoms with van der Waals surface area (Å²) in [7, 11) is -2.90. The molecule has 0 aromatic rings. The van der Waals surface area contributed by atoms with E-state index in [9.17, 15) is 8.42 Å². The molecule has 1 aliphatic heterocycles. The summed E-state index contributed by atoms with van der Waals surface area (Å²) in [5, 5.41) is 3.44. The van der Waals surface area contributed by atoms with E-state index in [-0.39, 0.29) is 10.8 Å². The number of hydrogen-bond donors (Lipinski definition) is 1. The van der Waals surface area contributed by atoms with Crippen molar-refractivity contribution in [1.82, 2.24) is 10.2 Å². The van der Waals surface area contributed by atoms with Crippen LogP contribution in [0.15, 0.2) is 0 Å². The van der Waals surface area contributed by atoms with Gasteiger partial charge in [-0.3, -0.25) is 4.90 Å². The Labute approximate surface area is 117 Å². The molecule has 1 saturated heterocycles. The van der Waals surface area contributed by atoms with E-state index in [1.807, 2.05) is 0 Å². The zero-order valence-electron chi connectivity index (χ0n) is 12.3. The van der Waals surface area contributed by atoms with Gasteiger partial charge in [-0.25, -0.2) is 8.42 Å². The van der Waals surface area contributed by atoms with Crippen molar-refractivity contribution in [3.05, 3.63) is 0 Å². The van der Waals surface area contributed by atoms with Crippen LogP contribution < -0.4 is 5.32 Å². The van der Waals surface area contributed by atoms with Crippen LogP contribution in [-0.4, -0.2) is 56.0 Å². The summed E-state index contributed by atoms with van der Waals surface area (Å²) in [6.45, 7) is 7.26. The average Bonchev–Trinajstić information content (AvgIpc) is 2.37. The van der Waals surface area contributed by atoms with Crippen LogP contribution in [0.25, 0.3) is 0 Å². The second-order valence-corrected chi connectivity index (χ2v) is 9.14. The minimum atomic E-state index is -2.90. The number of hydrogen-bond acceptors (Lipinski definition) is 4. The molecule has 112 valence electrons. The van der Waals surface area contributed by atoms with Crippen LogP contribution in [-0.2, 0) is 9.84 Å². The van der Waals surface area contributed by atoms with Gasteiger partial charge in [0, 0.05) is 31.7 Å². The Balaban J connectivity index is 1.88. The van der Waals surface area contributed by atoms with Gasteiger partial charge in [0.2, 0.25) is 0 Å². The van der Waals surface area contributed by atoms with E-state index < -0.39 is 9.84 Å². The van der Waals surface area contributed by atoms with Gasteiger partial charge in [0.15, 0.2) is 9.84 Å². The summed E-state index contributed by atoms with van der Waals surface area (Å²) in [4.78, 5) is 2.35. The molecule has 4 nitrogen and oxygen atoms in total. The molecule has 0 aromatic carbocycles. The molecule has 0 radical (unpaired) electrons. The highest BCUT2D eigenvalue weighted by molar-refractivity contribution is 7.92. The van der Waals surface area contributed by atoms with Crippen molar-refractivity contribution in [1.29, 1.82) is 0 Å². The van der Waals surface area contributed by atoms with Crippen LogP contribution in [0.1, 0.15) is 46.0 Å². The Bertz CT molecular complexity index is 381. The van der Waals surface area contributed by atoms with Crippen molar-refractivity contribution in [3.8, 4) is 0 Å². The largest absolute Gasteiger partial charge is 0.309 e. The first kappa shape index (κ1) is 15.3. The lowest BCUT2D eigenvalue weighted by atomic mass is 9.80. The Morgan fingerprint density at radius 1 is 1.21 bits per heavy atom. The number of sulfone groups is 1. The maximum atomic E-state index is 11.9. The summed E-state index contributed by atoms with van der Waals surface area (Å²) < 4.78 is 23.8. The first-order valence-corrected chi connectivity index (χ1v) is 9.34. The molecular formula is C14H28N2O2S. The predicted molar refractivity (Wildman–Crippen MR) is 79.2 cm³/mol. The van der Waals surface area contributed by atoms with Crippen molar-refractivity contribution >= 4 is 9.84 Å². The molecule has 1 saturated carbocycles. The molecule has 0 amide bonds. The first-order chi connectivity index (χ1) is 8.94. The molecule has 1 spiro atoms. The molecule has 1 heterocycles. The minimum absolute atomic E-state index is 0.251. The zero-order valence-corrected chi connectivity index (χ0v) is 13.1. The van der Waals surface area contributed by atoms with Gasteiger partial charge in [0.05, 0.1) is 11.0 Å². The van der Waals surface area contributed by atoms with Crippen LogP contribution in [0.3, 0.4) is 0 Å². The van der Waals surface area contributed by atoms with Gasteiger partial charge in [0.25, 0.3) is 0 Å². The molecule has 0 unspecified atom stereocenters. The van der Waals surface area contributed by atoms with Gasteiger partial charge < -0.3 is 5.32 Å². The molecule has 2 aliphatic rings. The van der Waals surface area contributed by atoms with Crippen LogP contribution in [0.2, 0.25) is 0 Å². The molecule has 0 aromatic heterocycles. The van der Waals surface area contributed by atoms with Gasteiger partial charge in [-0.1, -0.05) is 19.3 Å². The van der Waals surface area contributed by atoms with Crippen molar-refractivity contribution < 1.29 is 8.42 Å². The standard InChI is InChI=1S/C14H28N2O2S/c1-13(2)19(17,18)11-10-16-9-8-15-14(12-16)6-4-3-5-7-14/h13,15H,3-12H2,1-2H3. The lowest BCUT2D eigenvalue weighted by Gasteiger charge is -2.46. The normalized spacial score (nSPS) is 25.0. The Hall–Kier alpha value is -0.130. The van der Waals surface area contributed by atoms with Crippen molar-refractivity contribution in [2.75, 3.05) is 31.9 Å². The Kier molecular flexibility index (Phi) is 4.90. The third-order valence-electron chi connectivity index (χ3n) is 4.68. The third kappa shape index (κ3) is 3.92. The fraction of sp³-hybridized carbons (Fsp3) is 1.00. The highest BCUT2D eigenvalue weighted by Gasteiger charge is 2.36. The molecule has 0 atom stereocenters. The molecule has 1 aliphatic carbocycles. The summed E-state index contributed by atoms with van der Waals surface area (Å²) in [6, 6.07) is 0. The van der Waals surface area contributed by atoms with E-state index in [1.54, 1.807) is 13.8 Å². The molecule has 1 N–H and O–H groups in total. The fourth-order valence-electron chi connectivity index (χ4n) is 3.29. The predicted octanol–water partition coefficient (Wildman–Crippen LogP) is 1.42. The fourth-order valence-corrected chi connectivity index (χ4v) is 4.27. The number of rotatable bonds is 4. The Morgan fingerprint density at radius 3 is 2.53 bits per heavy atom. The molecular weight excluding hydrogens is 260 g/mol. The van der Waals surface area contributed by atoms with Gasteiger partial charge in [-0.2, -0.15) is 0 Å². The van der Waals surface area contributed by atoms with Crippen LogP contribution in [0.4, 0.5) is 0 Å². The number of piperazine rings is 1. The lowest BCUT2D eigenvalue weighted by Crippen LogP contribution is -2.61. The highest BCUT2D eigenvalue weighted by Crippen LogP contribution is 2.30. The van der Waals surface area contributed by atoms with Crippen LogP contribution in [0.5, 0.6) is 0 Å². The summed E-state index contributed by atoms with van der Waals surface area (Å²) in [5.74, 6) is 0.306. The Morgan fingerprint density at radius 2 is 1.89 bits per heavy atom. The van der Waals surface area contributed by atoms with Gasteiger partial charge in [0.1, 0.15) is 0 Å².